The van der Waals surface area contributed by atoms with E-state index in [1.54, 1.807) is 30.5 Å². The van der Waals surface area contributed by atoms with Crippen LogP contribution in [0.2, 0.25) is 0 Å². The Kier molecular flexibility index (Phi) is 4.34. The number of pyridine rings is 1. The van der Waals surface area contributed by atoms with Gasteiger partial charge in [-0.15, -0.1) is 11.3 Å². The molecule has 0 bridgehead atoms. The van der Waals surface area contributed by atoms with Crippen LogP contribution in [-0.2, 0) is 15.6 Å². The van der Waals surface area contributed by atoms with Crippen LogP contribution in [0.5, 0.6) is 5.88 Å². The van der Waals surface area contributed by atoms with Crippen LogP contribution in [0, 0.1) is 6.92 Å². The second kappa shape index (κ2) is 5.73. The Morgan fingerprint density at radius 1 is 1.24 bits per heavy atom. The van der Waals surface area contributed by atoms with Crippen molar-refractivity contribution in [1.29, 1.82) is 0 Å². The molecule has 0 spiro atoms. The molecule has 7 heteroatoms. The molecule has 0 saturated heterocycles. The Hall–Kier alpha value is -1.47. The van der Waals surface area contributed by atoms with Crippen molar-refractivity contribution < 1.29 is 13.2 Å². The van der Waals surface area contributed by atoms with E-state index in [2.05, 4.69) is 9.97 Å². The van der Waals surface area contributed by atoms with Crippen LogP contribution in [0.15, 0.2) is 27.9 Å². The molecule has 5 nitrogen and oxygen atoms in total. The summed E-state index contributed by atoms with van der Waals surface area (Å²) in [5.74, 6) is 0.243. The Bertz CT molecular complexity index is 731. The molecule has 0 atom stereocenters. The SMILES string of the molecule is Cc1csc(S(=O)(=O)Cc2cccc(OC(C)(C)C)n2)n1. The Morgan fingerprint density at radius 2 is 1.95 bits per heavy atom. The zero-order valence-corrected chi connectivity index (χ0v) is 14.1. The lowest BCUT2D eigenvalue weighted by molar-refractivity contribution is 0.124. The van der Waals surface area contributed by atoms with Gasteiger partial charge in [0.25, 0.3) is 0 Å². The first-order chi connectivity index (χ1) is 9.66. The maximum atomic E-state index is 12.3. The fraction of sp³-hybridized carbons (Fsp3) is 0.429. The van der Waals surface area contributed by atoms with E-state index >= 15 is 0 Å². The standard InChI is InChI=1S/C14H18N2O3S2/c1-10-8-20-13(15-10)21(17,18)9-11-6-5-7-12(16-11)19-14(2,3)4/h5-8H,9H2,1-4H3. The lowest BCUT2D eigenvalue weighted by Crippen LogP contribution is -2.23. The van der Waals surface area contributed by atoms with Crippen molar-refractivity contribution in [3.05, 3.63) is 35.0 Å². The first kappa shape index (κ1) is 15.9. The molecule has 21 heavy (non-hydrogen) atoms. The van der Waals surface area contributed by atoms with Gasteiger partial charge in [0, 0.05) is 17.1 Å². The third-order valence-corrected chi connectivity index (χ3v) is 5.50. The highest BCUT2D eigenvalue weighted by Crippen LogP contribution is 2.21. The molecule has 0 aliphatic carbocycles. The zero-order chi connectivity index (χ0) is 15.7. The molecule has 2 aromatic rings. The minimum Gasteiger partial charge on any atom is -0.472 e. The lowest BCUT2D eigenvalue weighted by atomic mass is 10.2. The number of ether oxygens (including phenoxy) is 1. The topological polar surface area (TPSA) is 69.2 Å². The Balaban J connectivity index is 2.22. The number of sulfone groups is 1. The van der Waals surface area contributed by atoms with Gasteiger partial charge < -0.3 is 4.74 Å². The fourth-order valence-electron chi connectivity index (χ4n) is 1.64. The van der Waals surface area contributed by atoms with E-state index < -0.39 is 9.84 Å². The Morgan fingerprint density at radius 3 is 2.52 bits per heavy atom. The van der Waals surface area contributed by atoms with E-state index in [9.17, 15) is 8.42 Å². The van der Waals surface area contributed by atoms with Crippen LogP contribution >= 0.6 is 11.3 Å². The summed E-state index contributed by atoms with van der Waals surface area (Å²) < 4.78 is 30.3. The van der Waals surface area contributed by atoms with Crippen molar-refractivity contribution in [2.45, 2.75) is 43.4 Å². The largest absolute Gasteiger partial charge is 0.472 e. The molecule has 2 aromatic heterocycles. The highest BCUT2D eigenvalue weighted by molar-refractivity contribution is 7.92. The summed E-state index contributed by atoms with van der Waals surface area (Å²) in [5, 5.41) is 1.72. The maximum absolute atomic E-state index is 12.3. The van der Waals surface area contributed by atoms with Crippen LogP contribution in [0.3, 0.4) is 0 Å². The summed E-state index contributed by atoms with van der Waals surface area (Å²) in [5.41, 5.74) is 0.776. The third kappa shape index (κ3) is 4.50. The van der Waals surface area contributed by atoms with E-state index in [0.717, 1.165) is 11.3 Å². The van der Waals surface area contributed by atoms with Crippen molar-refractivity contribution in [3.63, 3.8) is 0 Å². The summed E-state index contributed by atoms with van der Waals surface area (Å²) in [6.45, 7) is 7.51. The summed E-state index contributed by atoms with van der Waals surface area (Å²) in [6, 6.07) is 5.13. The second-order valence-corrected chi connectivity index (χ2v) is 8.72. The minimum absolute atomic E-state index is 0.129. The number of hydrogen-bond donors (Lipinski definition) is 0. The summed E-state index contributed by atoms with van der Waals surface area (Å²) in [7, 11) is -3.46. The van der Waals surface area contributed by atoms with E-state index in [0.29, 0.717) is 17.3 Å². The molecule has 0 aliphatic heterocycles. The third-order valence-electron chi connectivity index (χ3n) is 2.39. The minimum atomic E-state index is -3.46. The highest BCUT2D eigenvalue weighted by Gasteiger charge is 2.20. The molecule has 0 aliphatic rings. The molecule has 114 valence electrons. The average Bonchev–Trinajstić information content (AvgIpc) is 2.74. The van der Waals surface area contributed by atoms with Crippen molar-refractivity contribution in [3.8, 4) is 5.88 Å². The van der Waals surface area contributed by atoms with Gasteiger partial charge in [-0.2, -0.15) is 0 Å². The van der Waals surface area contributed by atoms with E-state index in [1.165, 1.54) is 0 Å². The number of aryl methyl sites for hydroxylation is 1. The first-order valence-corrected chi connectivity index (χ1v) is 8.99. The van der Waals surface area contributed by atoms with Gasteiger partial charge in [-0.3, -0.25) is 0 Å². The molecule has 0 aromatic carbocycles. The molecule has 0 N–H and O–H groups in total. The molecule has 2 heterocycles. The zero-order valence-electron chi connectivity index (χ0n) is 12.5. The molecular formula is C14H18N2O3S2. The molecule has 0 radical (unpaired) electrons. The summed E-state index contributed by atoms with van der Waals surface area (Å²) >= 11 is 1.13. The second-order valence-electron chi connectivity index (χ2n) is 5.70. The molecule has 0 fully saturated rings. The van der Waals surface area contributed by atoms with Gasteiger partial charge in [0.15, 0.2) is 0 Å². The molecule has 0 amide bonds. The van der Waals surface area contributed by atoms with Gasteiger partial charge in [0.05, 0.1) is 11.4 Å². The quantitative estimate of drug-likeness (QED) is 0.864. The van der Waals surface area contributed by atoms with Gasteiger partial charge in [0.2, 0.25) is 20.1 Å². The van der Waals surface area contributed by atoms with Crippen LogP contribution < -0.4 is 4.74 Å². The summed E-state index contributed by atoms with van der Waals surface area (Å²) in [6.07, 6.45) is 0. The van der Waals surface area contributed by atoms with Crippen LogP contribution in [0.1, 0.15) is 32.2 Å². The first-order valence-electron chi connectivity index (χ1n) is 6.45. The molecule has 0 saturated carbocycles. The predicted molar refractivity (Wildman–Crippen MR) is 82.4 cm³/mol. The number of hydrogen-bond acceptors (Lipinski definition) is 6. The van der Waals surface area contributed by atoms with Crippen LogP contribution in [0.25, 0.3) is 0 Å². The van der Waals surface area contributed by atoms with Crippen molar-refractivity contribution in [2.24, 2.45) is 0 Å². The maximum Gasteiger partial charge on any atom is 0.213 e. The number of rotatable bonds is 4. The monoisotopic (exact) mass is 326 g/mol. The Labute approximate surface area is 128 Å². The highest BCUT2D eigenvalue weighted by atomic mass is 32.2. The normalized spacial score (nSPS) is 12.4. The lowest BCUT2D eigenvalue weighted by Gasteiger charge is -2.20. The van der Waals surface area contributed by atoms with Gasteiger partial charge in [-0.05, 0) is 33.8 Å². The number of aromatic nitrogens is 2. The molecular weight excluding hydrogens is 308 g/mol. The van der Waals surface area contributed by atoms with Gasteiger partial charge in [-0.1, -0.05) is 6.07 Å². The van der Waals surface area contributed by atoms with Gasteiger partial charge in [0.1, 0.15) is 5.60 Å². The van der Waals surface area contributed by atoms with Gasteiger partial charge >= 0.3 is 0 Å². The van der Waals surface area contributed by atoms with E-state index in [-0.39, 0.29) is 15.7 Å². The van der Waals surface area contributed by atoms with Crippen molar-refractivity contribution in [1.82, 2.24) is 9.97 Å². The van der Waals surface area contributed by atoms with Crippen LogP contribution in [-0.4, -0.2) is 24.0 Å². The van der Waals surface area contributed by atoms with Crippen LogP contribution in [0.4, 0.5) is 0 Å². The van der Waals surface area contributed by atoms with E-state index in [1.807, 2.05) is 20.8 Å². The molecule has 2 rings (SSSR count). The smallest absolute Gasteiger partial charge is 0.213 e. The predicted octanol–water partition coefficient (Wildman–Crippen LogP) is 3.00. The average molecular weight is 326 g/mol. The number of thiazole rings is 1. The molecule has 0 unspecified atom stereocenters. The van der Waals surface area contributed by atoms with E-state index in [4.69, 9.17) is 4.74 Å². The van der Waals surface area contributed by atoms with Crippen molar-refractivity contribution in [2.75, 3.05) is 0 Å². The van der Waals surface area contributed by atoms with Crippen molar-refractivity contribution >= 4 is 21.2 Å². The van der Waals surface area contributed by atoms with Gasteiger partial charge in [-0.25, -0.2) is 18.4 Å². The summed E-state index contributed by atoms with van der Waals surface area (Å²) in [4.78, 5) is 8.28. The fourth-order valence-corrected chi connectivity index (χ4v) is 4.03. The number of nitrogens with zero attached hydrogens (tertiary/aromatic N) is 2.